The molecule has 0 saturated heterocycles. The summed E-state index contributed by atoms with van der Waals surface area (Å²) < 4.78 is 0. The monoisotopic (exact) mass is 1120 g/mol. The van der Waals surface area contributed by atoms with Gasteiger partial charge >= 0.3 is 62.3 Å². The molecule has 8 aromatic carbocycles. The normalized spacial score (nSPS) is 10.1. The van der Waals surface area contributed by atoms with Gasteiger partial charge in [0.2, 0.25) is 0 Å². The molecule has 0 amide bonds. The van der Waals surface area contributed by atoms with Crippen molar-refractivity contribution in [3.05, 3.63) is 243 Å². The molecule has 8 rings (SSSR count). The van der Waals surface area contributed by atoms with Gasteiger partial charge < -0.3 is 0 Å². The maximum absolute atomic E-state index is 4.88. The quantitative estimate of drug-likeness (QED) is 0.0768. The third-order valence-corrected chi connectivity index (χ3v) is 18.3. The van der Waals surface area contributed by atoms with E-state index in [1.807, 2.05) is 47.6 Å². The Bertz CT molecular complexity index is 1810. The van der Waals surface area contributed by atoms with Gasteiger partial charge in [0.25, 0.3) is 0 Å². The average Bonchev–Trinajstić information content (AvgIpc) is 3.89. The zero-order valence-electron chi connectivity index (χ0n) is 30.6. The van der Waals surface area contributed by atoms with E-state index in [0.717, 1.165) is 0 Å². The number of hydrogen-bond acceptors (Lipinski definition) is 0. The minimum Gasteiger partial charge on any atom is -0.214 e. The van der Waals surface area contributed by atoms with Crippen LogP contribution in [-0.2, 0) is 33.8 Å². The van der Waals surface area contributed by atoms with E-state index < -0.39 is 40.2 Å². The van der Waals surface area contributed by atoms with Gasteiger partial charge in [-0.25, -0.2) is 12.1 Å². The van der Waals surface area contributed by atoms with Crippen molar-refractivity contribution in [3.63, 3.8) is 0 Å². The summed E-state index contributed by atoms with van der Waals surface area (Å²) in [6, 6.07) is 87.0. The summed E-state index contributed by atoms with van der Waals surface area (Å²) in [5.41, 5.74) is 0. The Labute approximate surface area is 368 Å². The second-order valence-corrected chi connectivity index (χ2v) is 23.5. The van der Waals surface area contributed by atoms with Crippen LogP contribution in [0.25, 0.3) is 0 Å². The minimum absolute atomic E-state index is 0.472. The van der Waals surface area contributed by atoms with Gasteiger partial charge in [-0.3, -0.25) is 0 Å². The molecule has 289 valence electrons. The third kappa shape index (κ3) is 16.0. The van der Waals surface area contributed by atoms with Crippen molar-refractivity contribution in [1.29, 1.82) is 0 Å². The van der Waals surface area contributed by atoms with Crippen LogP contribution in [0.3, 0.4) is 0 Å². The summed E-state index contributed by atoms with van der Waals surface area (Å²) >= 11 is 1.35. The first-order valence-corrected chi connectivity index (χ1v) is 30.7. The van der Waals surface area contributed by atoms with Crippen molar-refractivity contribution < 1.29 is 33.8 Å². The van der Waals surface area contributed by atoms with E-state index in [1.165, 1.54) is 43.0 Å². The molecule has 0 aromatic heterocycles. The summed E-state index contributed by atoms with van der Waals surface area (Å²) in [6.45, 7) is 0. The predicted octanol–water partition coefficient (Wildman–Crippen LogP) is 11.3. The first kappa shape index (κ1) is 46.1. The van der Waals surface area contributed by atoms with Gasteiger partial charge in [-0.2, -0.15) is 18.2 Å². The summed E-state index contributed by atoms with van der Waals surface area (Å²) in [4.78, 5) is 0. The summed E-state index contributed by atoms with van der Waals surface area (Å²) in [6.07, 6.45) is 0. The SMILES string of the molecule is [Cl][Pt][Cl].[Cl][Ru].c1cc[cH-]c1.c1ccc([PH+](C[PH+](c2ccccc2)c2ccccc2)c2ccccc2)cc1.c1ccc([PH+](c2ccccc2)c2ccccc2)cc1. The molecule has 0 bridgehead atoms. The maximum Gasteiger partial charge on any atom is 0.174 e. The molecular formula is C48H45Cl3P3PtRu+2. The molecular weight excluding hydrogens is 1070 g/mol. The van der Waals surface area contributed by atoms with Crippen LogP contribution in [0.15, 0.2) is 243 Å². The molecule has 0 aliphatic carbocycles. The van der Waals surface area contributed by atoms with Crippen molar-refractivity contribution in [2.45, 2.75) is 0 Å². The van der Waals surface area contributed by atoms with Crippen molar-refractivity contribution in [1.82, 2.24) is 0 Å². The van der Waals surface area contributed by atoms with Crippen LogP contribution in [0.1, 0.15) is 0 Å². The summed E-state index contributed by atoms with van der Waals surface area (Å²) in [5.74, 6) is 1.25. The fourth-order valence-corrected chi connectivity index (χ4v) is 16.4. The van der Waals surface area contributed by atoms with Crippen LogP contribution in [0.5, 0.6) is 0 Å². The Balaban J connectivity index is 0.000000207. The Hall–Kier alpha value is -2.64. The van der Waals surface area contributed by atoms with Gasteiger partial charge in [0.1, 0.15) is 53.0 Å². The Morgan fingerprint density at radius 1 is 0.339 bits per heavy atom. The van der Waals surface area contributed by atoms with E-state index in [0.29, 0.717) is 0 Å². The minimum atomic E-state index is -0.877. The first-order chi connectivity index (χ1) is 27.8. The van der Waals surface area contributed by atoms with Gasteiger partial charge in [-0.15, -0.1) is 0 Å². The average molecular weight is 1120 g/mol. The van der Waals surface area contributed by atoms with E-state index in [-0.39, 0.29) is 0 Å². The standard InChI is InChI=1S/C25H22P2.C18H15P.C5H5.3ClH.Pt.Ru/c1-5-13-22(14-6-1)26(23-15-7-2-8-16-23)21-27(24-17-9-3-10-18-24)25-19-11-4-12-20-25;1-4-10-16(11-5-1)19(17-12-6-2-7-13-17)18-14-8-3-9-15-18;1-2-4-5-3-1;;;;;/h1-20H,21H2;1-15H;1-5H;3*1H;;/q;;-1;;;;+2;+1. The molecule has 0 atom stereocenters. The molecule has 0 nitrogen and oxygen atoms in total. The Kier molecular flexibility index (Phi) is 23.6. The molecule has 8 heteroatoms. The largest absolute Gasteiger partial charge is 0.214 e. The van der Waals surface area contributed by atoms with Gasteiger partial charge in [0.15, 0.2) is 5.90 Å². The van der Waals surface area contributed by atoms with Gasteiger partial charge in [0, 0.05) is 0 Å². The fourth-order valence-electron chi connectivity index (χ4n) is 6.11. The zero-order chi connectivity index (χ0) is 39.5. The van der Waals surface area contributed by atoms with Crippen molar-refractivity contribution >= 4 is 89.4 Å². The molecule has 0 heterocycles. The van der Waals surface area contributed by atoms with Crippen molar-refractivity contribution in [3.8, 4) is 0 Å². The van der Waals surface area contributed by atoms with E-state index >= 15 is 0 Å². The van der Waals surface area contributed by atoms with Crippen LogP contribution in [0.4, 0.5) is 0 Å². The van der Waals surface area contributed by atoms with Crippen LogP contribution in [0, 0.1) is 0 Å². The zero-order valence-corrected chi connectivity index (χ0v) is 39.9. The Morgan fingerprint density at radius 2 is 0.536 bits per heavy atom. The number of benzene rings is 7. The molecule has 0 aliphatic rings. The van der Waals surface area contributed by atoms with Gasteiger partial charge in [-0.1, -0.05) is 127 Å². The van der Waals surface area contributed by atoms with Crippen molar-refractivity contribution in [2.75, 3.05) is 5.90 Å². The molecule has 8 aromatic rings. The van der Waals surface area contributed by atoms with E-state index in [4.69, 9.17) is 18.8 Å². The van der Waals surface area contributed by atoms with Crippen molar-refractivity contribution in [2.24, 2.45) is 0 Å². The van der Waals surface area contributed by atoms with Crippen LogP contribution < -0.4 is 37.1 Å². The second-order valence-electron chi connectivity index (χ2n) is 12.1. The number of halogens is 3. The molecule has 0 radical (unpaired) electrons. The smallest absolute Gasteiger partial charge is 0.174 e. The topological polar surface area (TPSA) is 0 Å². The Morgan fingerprint density at radius 3 is 0.714 bits per heavy atom. The molecule has 0 aliphatic heterocycles. The fraction of sp³-hybridized carbons (Fsp3) is 0.0208. The molecule has 0 saturated carbocycles. The van der Waals surface area contributed by atoms with E-state index in [1.54, 1.807) is 0 Å². The molecule has 56 heavy (non-hydrogen) atoms. The predicted molar refractivity (Wildman–Crippen MR) is 252 cm³/mol. The number of hydrogen-bond donors (Lipinski definition) is 0. The summed E-state index contributed by atoms with van der Waals surface area (Å²) in [5, 5.41) is 10.3. The van der Waals surface area contributed by atoms with Gasteiger partial charge in [-0.05, 0) is 84.9 Å². The van der Waals surface area contributed by atoms with Gasteiger partial charge in [0.05, 0.1) is 7.92 Å². The molecule has 0 spiro atoms. The van der Waals surface area contributed by atoms with E-state index in [9.17, 15) is 0 Å². The van der Waals surface area contributed by atoms with Crippen LogP contribution in [0.2, 0.25) is 0 Å². The van der Waals surface area contributed by atoms with Crippen LogP contribution in [-0.4, -0.2) is 5.90 Å². The first-order valence-electron chi connectivity index (χ1n) is 17.9. The summed E-state index contributed by atoms with van der Waals surface area (Å²) in [7, 11) is 11.7. The number of rotatable bonds is 9. The molecule has 0 fully saturated rings. The third-order valence-electron chi connectivity index (χ3n) is 8.59. The van der Waals surface area contributed by atoms with E-state index in [2.05, 4.69) is 222 Å². The van der Waals surface area contributed by atoms with Crippen LogP contribution >= 0.6 is 52.3 Å². The second kappa shape index (κ2) is 28.7. The molecule has 0 N–H and O–H groups in total. The molecule has 0 unspecified atom stereocenters. The maximum atomic E-state index is 4.88.